The van der Waals surface area contributed by atoms with Crippen LogP contribution in [0.3, 0.4) is 0 Å². The van der Waals surface area contributed by atoms with E-state index in [1.54, 1.807) is 13.2 Å². The largest absolute Gasteiger partial charge is 0.464 e. The van der Waals surface area contributed by atoms with Crippen LogP contribution in [0.25, 0.3) is 11.0 Å². The van der Waals surface area contributed by atoms with Crippen molar-refractivity contribution < 1.29 is 14.6 Å². The summed E-state index contributed by atoms with van der Waals surface area (Å²) >= 11 is 0. The Morgan fingerprint density at radius 1 is 1.35 bits per heavy atom. The van der Waals surface area contributed by atoms with Gasteiger partial charge in [-0.15, -0.1) is 0 Å². The van der Waals surface area contributed by atoms with Crippen LogP contribution in [0, 0.1) is 0 Å². The van der Waals surface area contributed by atoms with Crippen LogP contribution in [-0.2, 0) is 6.54 Å². The highest BCUT2D eigenvalue weighted by Crippen LogP contribution is 2.20. The third-order valence-electron chi connectivity index (χ3n) is 2.72. The second-order valence-electron chi connectivity index (χ2n) is 4.52. The van der Waals surface area contributed by atoms with Crippen LogP contribution in [0.2, 0.25) is 0 Å². The zero-order chi connectivity index (χ0) is 12.3. The molecule has 0 radical (unpaired) electrons. The minimum Gasteiger partial charge on any atom is -0.464 e. The Labute approximate surface area is 99.9 Å². The summed E-state index contributed by atoms with van der Waals surface area (Å²) in [6, 6.07) is 7.81. The molecule has 17 heavy (non-hydrogen) atoms. The van der Waals surface area contributed by atoms with Gasteiger partial charge in [-0.25, -0.2) is 0 Å². The Kier molecular flexibility index (Phi) is 3.47. The molecule has 0 aliphatic heterocycles. The summed E-state index contributed by atoms with van der Waals surface area (Å²) in [6.07, 6.45) is 1.71. The Balaban J connectivity index is 2.00. The maximum absolute atomic E-state index is 9.63. The quantitative estimate of drug-likeness (QED) is 0.730. The lowest BCUT2D eigenvalue weighted by Crippen LogP contribution is -2.40. The van der Waals surface area contributed by atoms with Gasteiger partial charge in [0.1, 0.15) is 5.58 Å². The number of fused-ring (bicyclic) bond motifs is 1. The van der Waals surface area contributed by atoms with Crippen LogP contribution in [-0.4, -0.2) is 29.0 Å². The van der Waals surface area contributed by atoms with Crippen molar-refractivity contribution in [1.29, 1.82) is 0 Å². The molecular formula is C13H17NO3. The molecule has 3 N–H and O–H groups in total. The topological polar surface area (TPSA) is 65.6 Å². The first-order valence-corrected chi connectivity index (χ1v) is 5.61. The molecule has 92 valence electrons. The number of furan rings is 1. The summed E-state index contributed by atoms with van der Waals surface area (Å²) in [5.74, 6) is 0. The number of para-hydroxylation sites is 1. The van der Waals surface area contributed by atoms with E-state index in [9.17, 15) is 5.11 Å². The van der Waals surface area contributed by atoms with Crippen LogP contribution >= 0.6 is 0 Å². The predicted molar refractivity (Wildman–Crippen MR) is 65.6 cm³/mol. The molecule has 0 saturated heterocycles. The number of benzene rings is 1. The lowest BCUT2D eigenvalue weighted by atomic mass is 10.1. The van der Waals surface area contributed by atoms with E-state index in [-0.39, 0.29) is 6.61 Å². The summed E-state index contributed by atoms with van der Waals surface area (Å²) in [5, 5.41) is 22.7. The van der Waals surface area contributed by atoms with Gasteiger partial charge in [0.15, 0.2) is 0 Å². The van der Waals surface area contributed by atoms with E-state index in [0.717, 1.165) is 16.5 Å². The fraction of sp³-hybridized carbons (Fsp3) is 0.385. The second-order valence-corrected chi connectivity index (χ2v) is 4.52. The van der Waals surface area contributed by atoms with Gasteiger partial charge in [0.2, 0.25) is 0 Å². The van der Waals surface area contributed by atoms with E-state index in [1.807, 2.05) is 24.3 Å². The Morgan fingerprint density at radius 2 is 2.12 bits per heavy atom. The van der Waals surface area contributed by atoms with Gasteiger partial charge < -0.3 is 19.9 Å². The number of hydrogen-bond acceptors (Lipinski definition) is 4. The van der Waals surface area contributed by atoms with Crippen molar-refractivity contribution >= 4 is 11.0 Å². The molecule has 0 aliphatic carbocycles. The molecule has 2 rings (SSSR count). The van der Waals surface area contributed by atoms with Crippen molar-refractivity contribution in [3.8, 4) is 0 Å². The highest BCUT2D eigenvalue weighted by atomic mass is 16.3. The molecule has 1 atom stereocenters. The van der Waals surface area contributed by atoms with Crippen molar-refractivity contribution in [3.63, 3.8) is 0 Å². The minimum absolute atomic E-state index is 0.258. The predicted octanol–water partition coefficient (Wildman–Crippen LogP) is 1.27. The Hall–Kier alpha value is -1.36. The van der Waals surface area contributed by atoms with Crippen molar-refractivity contribution in [1.82, 2.24) is 5.32 Å². The third kappa shape index (κ3) is 2.85. The molecule has 4 heteroatoms. The zero-order valence-corrected chi connectivity index (χ0v) is 9.81. The van der Waals surface area contributed by atoms with Crippen molar-refractivity contribution in [3.05, 3.63) is 36.1 Å². The van der Waals surface area contributed by atoms with Crippen molar-refractivity contribution in [2.75, 3.05) is 13.2 Å². The summed E-state index contributed by atoms with van der Waals surface area (Å²) < 4.78 is 5.41. The van der Waals surface area contributed by atoms with E-state index in [0.29, 0.717) is 13.1 Å². The number of aliphatic hydroxyl groups is 2. The lowest BCUT2D eigenvalue weighted by Gasteiger charge is -2.20. The van der Waals surface area contributed by atoms with Crippen LogP contribution < -0.4 is 5.32 Å². The van der Waals surface area contributed by atoms with Gasteiger partial charge in [-0.3, -0.25) is 0 Å². The zero-order valence-electron chi connectivity index (χ0n) is 9.81. The fourth-order valence-corrected chi connectivity index (χ4v) is 1.69. The number of hydrogen-bond donors (Lipinski definition) is 3. The molecule has 1 unspecified atom stereocenters. The maximum Gasteiger partial charge on any atom is 0.134 e. The lowest BCUT2D eigenvalue weighted by molar-refractivity contribution is 0.00254. The van der Waals surface area contributed by atoms with E-state index in [2.05, 4.69) is 5.32 Å². The summed E-state index contributed by atoms with van der Waals surface area (Å²) in [4.78, 5) is 0. The van der Waals surface area contributed by atoms with Gasteiger partial charge in [0.25, 0.3) is 0 Å². The molecular weight excluding hydrogens is 218 g/mol. The van der Waals surface area contributed by atoms with Gasteiger partial charge in [0.05, 0.1) is 18.5 Å². The molecule has 1 aromatic heterocycles. The second kappa shape index (κ2) is 4.87. The van der Waals surface area contributed by atoms with Gasteiger partial charge in [0, 0.05) is 24.0 Å². The van der Waals surface area contributed by atoms with E-state index < -0.39 is 5.60 Å². The number of aliphatic hydroxyl groups excluding tert-OH is 1. The highest BCUT2D eigenvalue weighted by Gasteiger charge is 2.18. The van der Waals surface area contributed by atoms with E-state index in [4.69, 9.17) is 9.52 Å². The first-order valence-electron chi connectivity index (χ1n) is 5.61. The molecule has 1 aromatic carbocycles. The molecule has 0 spiro atoms. The normalized spacial score (nSPS) is 15.0. The summed E-state index contributed by atoms with van der Waals surface area (Å²) in [6.45, 7) is 2.27. The third-order valence-corrected chi connectivity index (χ3v) is 2.72. The van der Waals surface area contributed by atoms with Crippen LogP contribution in [0.4, 0.5) is 0 Å². The highest BCUT2D eigenvalue weighted by molar-refractivity contribution is 5.80. The molecule has 4 nitrogen and oxygen atoms in total. The summed E-state index contributed by atoms with van der Waals surface area (Å²) in [7, 11) is 0. The van der Waals surface area contributed by atoms with Crippen molar-refractivity contribution in [2.24, 2.45) is 0 Å². The number of nitrogens with one attached hydrogen (secondary N) is 1. The molecule has 0 amide bonds. The van der Waals surface area contributed by atoms with Gasteiger partial charge in [-0.05, 0) is 13.0 Å². The standard InChI is InChI=1S/C13H17NO3/c1-13(16,9-15)8-14-6-10-7-17-12-5-3-2-4-11(10)12/h2-5,7,14-16H,6,8-9H2,1H3. The maximum atomic E-state index is 9.63. The average molecular weight is 235 g/mol. The molecule has 0 fully saturated rings. The van der Waals surface area contributed by atoms with Gasteiger partial charge in [-0.2, -0.15) is 0 Å². The minimum atomic E-state index is -1.08. The molecule has 0 aliphatic rings. The van der Waals surface area contributed by atoms with E-state index >= 15 is 0 Å². The first kappa shape index (κ1) is 12.1. The van der Waals surface area contributed by atoms with Crippen LogP contribution in [0.5, 0.6) is 0 Å². The number of rotatable bonds is 5. The van der Waals surface area contributed by atoms with Gasteiger partial charge in [-0.1, -0.05) is 18.2 Å². The Bertz CT molecular complexity index is 490. The van der Waals surface area contributed by atoms with Crippen LogP contribution in [0.15, 0.2) is 34.9 Å². The smallest absolute Gasteiger partial charge is 0.134 e. The van der Waals surface area contributed by atoms with Crippen molar-refractivity contribution in [2.45, 2.75) is 19.1 Å². The van der Waals surface area contributed by atoms with E-state index in [1.165, 1.54) is 0 Å². The fourth-order valence-electron chi connectivity index (χ4n) is 1.69. The first-order chi connectivity index (χ1) is 8.12. The average Bonchev–Trinajstić information content (AvgIpc) is 2.73. The summed E-state index contributed by atoms with van der Waals surface area (Å²) in [5.41, 5.74) is 0.826. The van der Waals surface area contributed by atoms with Gasteiger partial charge >= 0.3 is 0 Å². The molecule has 1 heterocycles. The molecule has 0 saturated carbocycles. The SMILES string of the molecule is CC(O)(CO)CNCc1coc2ccccc12. The molecule has 0 bridgehead atoms. The monoisotopic (exact) mass is 235 g/mol. The Morgan fingerprint density at radius 3 is 2.88 bits per heavy atom. The van der Waals surface area contributed by atoms with Crippen LogP contribution in [0.1, 0.15) is 12.5 Å². The molecule has 2 aromatic rings.